The number of benzene rings is 1. The molecule has 3 N–H and O–H groups in total. The Bertz CT molecular complexity index is 528. The molecule has 1 aromatic carbocycles. The topological polar surface area (TPSA) is 76.5 Å². The first kappa shape index (κ1) is 10.7. The number of fused-ring (bicyclic) bond motifs is 1. The van der Waals surface area contributed by atoms with Crippen molar-refractivity contribution in [3.63, 3.8) is 0 Å². The predicted octanol–water partition coefficient (Wildman–Crippen LogP) is 2.02. The molecule has 16 heavy (non-hydrogen) atoms. The maximum absolute atomic E-state index is 10.9. The molecule has 4 heteroatoms. The lowest BCUT2D eigenvalue weighted by Crippen LogP contribution is -2.18. The van der Waals surface area contributed by atoms with E-state index in [-0.39, 0.29) is 11.6 Å². The van der Waals surface area contributed by atoms with Crippen LogP contribution in [0.25, 0.3) is 11.0 Å². The lowest BCUT2D eigenvalue weighted by Gasteiger charge is -2.07. The van der Waals surface area contributed by atoms with Crippen LogP contribution in [0.3, 0.4) is 0 Å². The summed E-state index contributed by atoms with van der Waals surface area (Å²) in [4.78, 5) is 10.9. The molecule has 1 unspecified atom stereocenters. The van der Waals surface area contributed by atoms with Gasteiger partial charge in [-0.2, -0.15) is 0 Å². The normalized spacial score (nSPS) is 12.9. The monoisotopic (exact) mass is 219 g/mol. The second-order valence-corrected chi connectivity index (χ2v) is 3.96. The second-order valence-electron chi connectivity index (χ2n) is 3.96. The zero-order chi connectivity index (χ0) is 11.7. The minimum Gasteiger partial charge on any atom is -0.478 e. The van der Waals surface area contributed by atoms with Crippen molar-refractivity contribution >= 4 is 16.9 Å². The molecule has 0 spiro atoms. The summed E-state index contributed by atoms with van der Waals surface area (Å²) in [5.41, 5.74) is 7.56. The average molecular weight is 219 g/mol. The number of carboxylic acid groups (broad SMARTS) is 1. The van der Waals surface area contributed by atoms with E-state index in [4.69, 9.17) is 15.3 Å². The molecule has 0 bridgehead atoms. The van der Waals surface area contributed by atoms with E-state index in [9.17, 15) is 4.79 Å². The molecular formula is C12H13NO3. The van der Waals surface area contributed by atoms with Crippen molar-refractivity contribution in [1.82, 2.24) is 0 Å². The molecule has 0 radical (unpaired) electrons. The minimum atomic E-state index is -0.936. The molecule has 1 heterocycles. The van der Waals surface area contributed by atoms with Crippen LogP contribution in [0.4, 0.5) is 0 Å². The van der Waals surface area contributed by atoms with Crippen LogP contribution in [0.2, 0.25) is 0 Å². The van der Waals surface area contributed by atoms with Gasteiger partial charge in [0.15, 0.2) is 0 Å². The standard InChI is InChI=1S/C12H13NO3/c1-7(13)4-9-6-10(12(14)15)5-8-2-3-16-11(8)9/h2-3,5-7H,4,13H2,1H3,(H,14,15). The highest BCUT2D eigenvalue weighted by Gasteiger charge is 2.12. The Labute approximate surface area is 92.7 Å². The van der Waals surface area contributed by atoms with Gasteiger partial charge in [-0.05, 0) is 37.1 Å². The molecule has 0 amide bonds. The molecule has 84 valence electrons. The molecule has 2 rings (SSSR count). The van der Waals surface area contributed by atoms with Crippen LogP contribution in [-0.4, -0.2) is 17.1 Å². The Kier molecular flexibility index (Phi) is 2.66. The van der Waals surface area contributed by atoms with Crippen molar-refractivity contribution < 1.29 is 14.3 Å². The van der Waals surface area contributed by atoms with Gasteiger partial charge in [0.05, 0.1) is 11.8 Å². The molecule has 1 aromatic heterocycles. The molecule has 1 atom stereocenters. The number of carboxylic acids is 1. The largest absolute Gasteiger partial charge is 0.478 e. The zero-order valence-corrected chi connectivity index (χ0v) is 8.93. The number of hydrogen-bond donors (Lipinski definition) is 2. The third-order valence-corrected chi connectivity index (χ3v) is 2.42. The van der Waals surface area contributed by atoms with Gasteiger partial charge in [-0.25, -0.2) is 4.79 Å². The van der Waals surface area contributed by atoms with Crippen molar-refractivity contribution in [2.24, 2.45) is 5.73 Å². The van der Waals surface area contributed by atoms with E-state index in [1.165, 1.54) is 0 Å². The van der Waals surface area contributed by atoms with Crippen molar-refractivity contribution in [3.05, 3.63) is 35.6 Å². The molecule has 0 aliphatic rings. The van der Waals surface area contributed by atoms with Crippen LogP contribution in [0.15, 0.2) is 28.9 Å². The minimum absolute atomic E-state index is 0.0302. The number of aromatic carboxylic acids is 1. The summed E-state index contributed by atoms with van der Waals surface area (Å²) >= 11 is 0. The van der Waals surface area contributed by atoms with Gasteiger partial charge in [0, 0.05) is 11.4 Å². The van der Waals surface area contributed by atoms with E-state index in [1.807, 2.05) is 6.92 Å². The average Bonchev–Trinajstić information content (AvgIpc) is 2.64. The molecule has 4 nitrogen and oxygen atoms in total. The van der Waals surface area contributed by atoms with E-state index < -0.39 is 5.97 Å². The van der Waals surface area contributed by atoms with Crippen LogP contribution >= 0.6 is 0 Å². The number of carbonyl (C=O) groups is 1. The van der Waals surface area contributed by atoms with Crippen LogP contribution < -0.4 is 5.73 Å². The van der Waals surface area contributed by atoms with Crippen LogP contribution in [0.5, 0.6) is 0 Å². The SMILES string of the molecule is CC(N)Cc1cc(C(=O)O)cc2ccoc12. The van der Waals surface area contributed by atoms with Crippen molar-refractivity contribution in [3.8, 4) is 0 Å². The highest BCUT2D eigenvalue weighted by atomic mass is 16.4. The van der Waals surface area contributed by atoms with E-state index >= 15 is 0 Å². The predicted molar refractivity (Wildman–Crippen MR) is 60.5 cm³/mol. The van der Waals surface area contributed by atoms with Crippen LogP contribution in [-0.2, 0) is 6.42 Å². The Morgan fingerprint density at radius 1 is 1.56 bits per heavy atom. The van der Waals surface area contributed by atoms with Gasteiger partial charge in [-0.15, -0.1) is 0 Å². The summed E-state index contributed by atoms with van der Waals surface area (Å²) in [6, 6.07) is 4.95. The maximum atomic E-state index is 10.9. The van der Waals surface area contributed by atoms with E-state index in [1.54, 1.807) is 24.5 Å². The Morgan fingerprint density at radius 2 is 2.31 bits per heavy atom. The summed E-state index contributed by atoms with van der Waals surface area (Å²) in [6.45, 7) is 1.88. The fourth-order valence-electron chi connectivity index (χ4n) is 1.78. The molecular weight excluding hydrogens is 206 g/mol. The second kappa shape index (κ2) is 3.98. The van der Waals surface area contributed by atoms with Crippen molar-refractivity contribution in [1.29, 1.82) is 0 Å². The molecule has 0 fully saturated rings. The van der Waals surface area contributed by atoms with E-state index in [0.717, 1.165) is 16.5 Å². The van der Waals surface area contributed by atoms with E-state index in [0.29, 0.717) is 6.42 Å². The van der Waals surface area contributed by atoms with Gasteiger partial charge in [0.25, 0.3) is 0 Å². The van der Waals surface area contributed by atoms with Gasteiger partial charge in [0.1, 0.15) is 5.58 Å². The fraction of sp³-hybridized carbons (Fsp3) is 0.250. The zero-order valence-electron chi connectivity index (χ0n) is 8.93. The van der Waals surface area contributed by atoms with Gasteiger partial charge >= 0.3 is 5.97 Å². The van der Waals surface area contributed by atoms with Gasteiger partial charge in [0.2, 0.25) is 0 Å². The number of nitrogens with two attached hydrogens (primary N) is 1. The Morgan fingerprint density at radius 3 is 2.94 bits per heavy atom. The summed E-state index contributed by atoms with van der Waals surface area (Å²) in [7, 11) is 0. The molecule has 0 saturated carbocycles. The van der Waals surface area contributed by atoms with Crippen LogP contribution in [0, 0.1) is 0 Å². The van der Waals surface area contributed by atoms with Crippen LogP contribution in [0.1, 0.15) is 22.8 Å². The van der Waals surface area contributed by atoms with Crippen molar-refractivity contribution in [2.45, 2.75) is 19.4 Å². The molecule has 2 aromatic rings. The third-order valence-electron chi connectivity index (χ3n) is 2.42. The third kappa shape index (κ3) is 1.92. The lowest BCUT2D eigenvalue weighted by atomic mass is 10.0. The van der Waals surface area contributed by atoms with Gasteiger partial charge in [-0.1, -0.05) is 0 Å². The first-order chi connectivity index (χ1) is 7.58. The first-order valence-corrected chi connectivity index (χ1v) is 5.07. The van der Waals surface area contributed by atoms with Crippen molar-refractivity contribution in [2.75, 3.05) is 0 Å². The highest BCUT2D eigenvalue weighted by Crippen LogP contribution is 2.23. The number of hydrogen-bond acceptors (Lipinski definition) is 3. The Balaban J connectivity index is 2.59. The molecule has 0 aliphatic carbocycles. The maximum Gasteiger partial charge on any atom is 0.335 e. The summed E-state index contributed by atoms with van der Waals surface area (Å²) in [6.07, 6.45) is 2.16. The summed E-state index contributed by atoms with van der Waals surface area (Å²) < 4.78 is 5.34. The number of rotatable bonds is 3. The lowest BCUT2D eigenvalue weighted by molar-refractivity contribution is 0.0697. The number of furan rings is 1. The first-order valence-electron chi connectivity index (χ1n) is 5.07. The smallest absolute Gasteiger partial charge is 0.335 e. The fourth-order valence-corrected chi connectivity index (χ4v) is 1.78. The van der Waals surface area contributed by atoms with E-state index in [2.05, 4.69) is 0 Å². The van der Waals surface area contributed by atoms with Gasteiger partial charge < -0.3 is 15.3 Å². The highest BCUT2D eigenvalue weighted by molar-refractivity contribution is 5.94. The van der Waals surface area contributed by atoms with Gasteiger partial charge in [-0.3, -0.25) is 0 Å². The summed E-state index contributed by atoms with van der Waals surface area (Å²) in [5, 5.41) is 9.78. The molecule has 0 aliphatic heterocycles. The summed E-state index contributed by atoms with van der Waals surface area (Å²) in [5.74, 6) is -0.936. The Hall–Kier alpha value is -1.81. The quantitative estimate of drug-likeness (QED) is 0.827. The molecule has 0 saturated heterocycles.